The number of rotatable bonds is 4. The SMILES string of the molecule is COc1cc(C)c(C)cc1C(CO)N1CCCNCC1. The number of aliphatic hydroxyl groups is 1. The van der Waals surface area contributed by atoms with Crippen LogP contribution >= 0.6 is 0 Å². The topological polar surface area (TPSA) is 44.7 Å². The summed E-state index contributed by atoms with van der Waals surface area (Å²) in [4.78, 5) is 2.35. The normalized spacial score (nSPS) is 18.6. The van der Waals surface area contributed by atoms with Gasteiger partial charge in [0.05, 0.1) is 19.8 Å². The predicted octanol–water partition coefficient (Wildman–Crippen LogP) is 1.64. The molecule has 0 aliphatic carbocycles. The molecule has 1 unspecified atom stereocenters. The van der Waals surface area contributed by atoms with Gasteiger partial charge < -0.3 is 15.2 Å². The molecule has 1 atom stereocenters. The van der Waals surface area contributed by atoms with Gasteiger partial charge in [0.15, 0.2) is 0 Å². The van der Waals surface area contributed by atoms with Gasteiger partial charge in [0.25, 0.3) is 0 Å². The number of ether oxygens (including phenoxy) is 1. The predicted molar refractivity (Wildman–Crippen MR) is 81.4 cm³/mol. The molecule has 0 radical (unpaired) electrons. The average molecular weight is 278 g/mol. The van der Waals surface area contributed by atoms with Gasteiger partial charge in [-0.1, -0.05) is 6.07 Å². The molecule has 2 N–H and O–H groups in total. The summed E-state index contributed by atoms with van der Waals surface area (Å²) in [6, 6.07) is 4.25. The maximum Gasteiger partial charge on any atom is 0.124 e. The van der Waals surface area contributed by atoms with E-state index >= 15 is 0 Å². The molecule has 1 aliphatic rings. The summed E-state index contributed by atoms with van der Waals surface area (Å²) in [7, 11) is 1.70. The number of nitrogens with zero attached hydrogens (tertiary/aromatic N) is 1. The van der Waals surface area contributed by atoms with Crippen molar-refractivity contribution < 1.29 is 9.84 Å². The molecular formula is C16H26N2O2. The quantitative estimate of drug-likeness (QED) is 0.879. The minimum Gasteiger partial charge on any atom is -0.496 e. The van der Waals surface area contributed by atoms with Crippen molar-refractivity contribution in [2.45, 2.75) is 26.3 Å². The number of methoxy groups -OCH3 is 1. The van der Waals surface area contributed by atoms with Gasteiger partial charge in [-0.25, -0.2) is 0 Å². The first-order valence-corrected chi connectivity index (χ1v) is 7.38. The van der Waals surface area contributed by atoms with Gasteiger partial charge in [-0.2, -0.15) is 0 Å². The first kappa shape index (κ1) is 15.3. The van der Waals surface area contributed by atoms with Crippen LogP contribution in [0, 0.1) is 13.8 Å². The highest BCUT2D eigenvalue weighted by Gasteiger charge is 2.24. The van der Waals surface area contributed by atoms with Gasteiger partial charge in [0, 0.05) is 25.2 Å². The zero-order chi connectivity index (χ0) is 14.5. The van der Waals surface area contributed by atoms with E-state index in [1.54, 1.807) is 7.11 Å². The number of aliphatic hydroxyl groups excluding tert-OH is 1. The van der Waals surface area contributed by atoms with E-state index in [9.17, 15) is 5.11 Å². The van der Waals surface area contributed by atoms with Crippen molar-refractivity contribution in [3.8, 4) is 5.75 Å². The fourth-order valence-corrected chi connectivity index (χ4v) is 2.84. The Hall–Kier alpha value is -1.10. The van der Waals surface area contributed by atoms with Gasteiger partial charge in [-0.15, -0.1) is 0 Å². The van der Waals surface area contributed by atoms with Crippen LogP contribution in [-0.2, 0) is 0 Å². The first-order valence-electron chi connectivity index (χ1n) is 7.38. The zero-order valence-corrected chi connectivity index (χ0v) is 12.8. The van der Waals surface area contributed by atoms with Crippen molar-refractivity contribution in [3.63, 3.8) is 0 Å². The standard InChI is InChI=1S/C16H26N2O2/c1-12-9-14(16(20-3)10-13(12)2)15(11-19)18-7-4-5-17-6-8-18/h9-10,15,17,19H,4-8,11H2,1-3H3. The van der Waals surface area contributed by atoms with Crippen molar-refractivity contribution in [2.75, 3.05) is 39.9 Å². The van der Waals surface area contributed by atoms with E-state index < -0.39 is 0 Å². The number of aryl methyl sites for hydroxylation is 2. The maximum absolute atomic E-state index is 9.89. The molecule has 112 valence electrons. The van der Waals surface area contributed by atoms with Crippen LogP contribution in [0.2, 0.25) is 0 Å². The summed E-state index contributed by atoms with van der Waals surface area (Å²) in [5, 5.41) is 13.3. The molecule has 20 heavy (non-hydrogen) atoms. The van der Waals surface area contributed by atoms with Gasteiger partial charge in [0.1, 0.15) is 5.75 Å². The molecule has 1 saturated heterocycles. The number of nitrogens with one attached hydrogen (secondary N) is 1. The highest BCUT2D eigenvalue weighted by atomic mass is 16.5. The van der Waals surface area contributed by atoms with E-state index in [0.29, 0.717) is 0 Å². The van der Waals surface area contributed by atoms with Gasteiger partial charge in [-0.05, 0) is 44.0 Å². The van der Waals surface area contributed by atoms with Crippen LogP contribution in [0.15, 0.2) is 12.1 Å². The minimum absolute atomic E-state index is 0.0177. The Balaban J connectivity index is 2.32. The number of benzene rings is 1. The van der Waals surface area contributed by atoms with E-state index in [4.69, 9.17) is 4.74 Å². The average Bonchev–Trinajstić information content (AvgIpc) is 2.72. The Morgan fingerprint density at radius 1 is 1.25 bits per heavy atom. The van der Waals surface area contributed by atoms with Crippen LogP contribution in [0.3, 0.4) is 0 Å². The van der Waals surface area contributed by atoms with E-state index in [-0.39, 0.29) is 12.6 Å². The fourth-order valence-electron chi connectivity index (χ4n) is 2.84. The lowest BCUT2D eigenvalue weighted by molar-refractivity contribution is 0.127. The smallest absolute Gasteiger partial charge is 0.124 e. The molecule has 4 heteroatoms. The second-order valence-corrected chi connectivity index (χ2v) is 5.52. The Labute approximate surface area is 121 Å². The van der Waals surface area contributed by atoms with E-state index in [1.807, 2.05) is 0 Å². The van der Waals surface area contributed by atoms with Gasteiger partial charge in [-0.3, -0.25) is 4.90 Å². The molecule has 1 aromatic rings. The van der Waals surface area contributed by atoms with E-state index in [0.717, 1.165) is 43.9 Å². The molecule has 0 amide bonds. The number of hydrogen-bond acceptors (Lipinski definition) is 4. The molecular weight excluding hydrogens is 252 g/mol. The van der Waals surface area contributed by atoms with Crippen LogP contribution in [0.1, 0.15) is 29.2 Å². The lowest BCUT2D eigenvalue weighted by atomic mass is 9.98. The molecule has 0 saturated carbocycles. The maximum atomic E-state index is 9.89. The zero-order valence-electron chi connectivity index (χ0n) is 12.8. The summed E-state index contributed by atoms with van der Waals surface area (Å²) < 4.78 is 5.53. The van der Waals surface area contributed by atoms with E-state index in [2.05, 4.69) is 36.2 Å². The van der Waals surface area contributed by atoms with Crippen molar-refractivity contribution in [2.24, 2.45) is 0 Å². The first-order chi connectivity index (χ1) is 9.67. The van der Waals surface area contributed by atoms with Crippen LogP contribution in [0.5, 0.6) is 5.75 Å². The molecule has 2 rings (SSSR count). The Bertz CT molecular complexity index is 440. The monoisotopic (exact) mass is 278 g/mol. The minimum atomic E-state index is 0.0177. The molecule has 1 aromatic carbocycles. The number of hydrogen-bond donors (Lipinski definition) is 2. The third-order valence-corrected chi connectivity index (χ3v) is 4.19. The van der Waals surface area contributed by atoms with Crippen molar-refractivity contribution >= 4 is 0 Å². The Kier molecular flexibility index (Phi) is 5.40. The molecule has 1 aliphatic heterocycles. The summed E-state index contributed by atoms with van der Waals surface area (Å²) >= 11 is 0. The molecule has 0 spiro atoms. The van der Waals surface area contributed by atoms with Gasteiger partial charge in [0.2, 0.25) is 0 Å². The van der Waals surface area contributed by atoms with E-state index in [1.165, 1.54) is 11.1 Å². The van der Waals surface area contributed by atoms with Crippen molar-refractivity contribution in [3.05, 3.63) is 28.8 Å². The lowest BCUT2D eigenvalue weighted by Gasteiger charge is -2.30. The Morgan fingerprint density at radius 3 is 2.70 bits per heavy atom. The molecule has 1 heterocycles. The van der Waals surface area contributed by atoms with Crippen LogP contribution in [-0.4, -0.2) is 49.9 Å². The van der Waals surface area contributed by atoms with Crippen LogP contribution < -0.4 is 10.1 Å². The summed E-state index contributed by atoms with van der Waals surface area (Å²) in [5.41, 5.74) is 3.56. The van der Waals surface area contributed by atoms with Crippen molar-refractivity contribution in [1.82, 2.24) is 10.2 Å². The third-order valence-electron chi connectivity index (χ3n) is 4.19. The lowest BCUT2D eigenvalue weighted by Crippen LogP contribution is -2.34. The fraction of sp³-hybridized carbons (Fsp3) is 0.625. The molecule has 1 fully saturated rings. The van der Waals surface area contributed by atoms with Crippen LogP contribution in [0.4, 0.5) is 0 Å². The van der Waals surface area contributed by atoms with Crippen LogP contribution in [0.25, 0.3) is 0 Å². The Morgan fingerprint density at radius 2 is 2.00 bits per heavy atom. The van der Waals surface area contributed by atoms with Crippen molar-refractivity contribution in [1.29, 1.82) is 0 Å². The molecule has 0 bridgehead atoms. The second-order valence-electron chi connectivity index (χ2n) is 5.52. The molecule has 4 nitrogen and oxygen atoms in total. The second kappa shape index (κ2) is 7.07. The summed E-state index contributed by atoms with van der Waals surface area (Å²) in [6.07, 6.45) is 1.11. The highest BCUT2D eigenvalue weighted by molar-refractivity contribution is 5.43. The third kappa shape index (κ3) is 3.32. The molecule has 0 aromatic heterocycles. The summed E-state index contributed by atoms with van der Waals surface area (Å²) in [6.45, 7) is 8.32. The largest absolute Gasteiger partial charge is 0.496 e. The highest BCUT2D eigenvalue weighted by Crippen LogP contribution is 2.32. The summed E-state index contributed by atoms with van der Waals surface area (Å²) in [5.74, 6) is 0.879. The van der Waals surface area contributed by atoms with Gasteiger partial charge >= 0.3 is 0 Å².